The predicted octanol–water partition coefficient (Wildman–Crippen LogP) is 3.40. The maximum Gasteiger partial charge on any atom is 0.120 e. The lowest BCUT2D eigenvalue weighted by atomic mass is 10.1. The van der Waals surface area contributed by atoms with Crippen molar-refractivity contribution in [2.24, 2.45) is 0 Å². The summed E-state index contributed by atoms with van der Waals surface area (Å²) in [5, 5.41) is 11.8. The molecule has 2 nitrogen and oxygen atoms in total. The van der Waals surface area contributed by atoms with Crippen LogP contribution in [0.5, 0.6) is 5.75 Å². The zero-order valence-corrected chi connectivity index (χ0v) is 8.94. The number of aromatic nitrogens is 1. The molecule has 1 N–H and O–H groups in total. The average molecular weight is 209 g/mol. The summed E-state index contributed by atoms with van der Waals surface area (Å²) < 4.78 is 0. The van der Waals surface area contributed by atoms with Gasteiger partial charge in [-0.05, 0) is 31.2 Å². The number of para-hydroxylation sites is 1. The third-order valence-electron chi connectivity index (χ3n) is 2.91. The molecule has 1 aromatic heterocycles. The Kier molecular flexibility index (Phi) is 1.83. The second-order valence-corrected chi connectivity index (χ2v) is 3.96. The van der Waals surface area contributed by atoms with Gasteiger partial charge in [-0.25, -0.2) is 4.98 Å². The fourth-order valence-electron chi connectivity index (χ4n) is 1.97. The minimum Gasteiger partial charge on any atom is -0.508 e. The lowest BCUT2D eigenvalue weighted by molar-refractivity contribution is 0.472. The van der Waals surface area contributed by atoms with Gasteiger partial charge < -0.3 is 5.11 Å². The van der Waals surface area contributed by atoms with E-state index in [2.05, 4.69) is 11.1 Å². The van der Waals surface area contributed by atoms with Crippen LogP contribution in [0.4, 0.5) is 0 Å². The minimum absolute atomic E-state index is 0.301. The van der Waals surface area contributed by atoms with Crippen LogP contribution in [0.25, 0.3) is 21.8 Å². The predicted molar refractivity (Wildman–Crippen MR) is 65.7 cm³/mol. The Hall–Kier alpha value is -2.09. The molecular formula is C14H11NO. The van der Waals surface area contributed by atoms with Gasteiger partial charge in [0.15, 0.2) is 0 Å². The van der Waals surface area contributed by atoms with Crippen LogP contribution in [0.3, 0.4) is 0 Å². The Labute approximate surface area is 93.2 Å². The number of phenolic OH excluding ortho intramolecular Hbond substituents is 1. The molecule has 0 radical (unpaired) electrons. The molecule has 0 spiro atoms. The normalized spacial score (nSPS) is 11.1. The maximum absolute atomic E-state index is 9.65. The highest BCUT2D eigenvalue weighted by Gasteiger charge is 2.05. The first-order valence-corrected chi connectivity index (χ1v) is 5.24. The number of hydrogen-bond acceptors (Lipinski definition) is 2. The smallest absolute Gasteiger partial charge is 0.120 e. The highest BCUT2D eigenvalue weighted by molar-refractivity contribution is 5.94. The van der Waals surface area contributed by atoms with Crippen molar-refractivity contribution in [2.45, 2.75) is 6.92 Å². The van der Waals surface area contributed by atoms with Crippen molar-refractivity contribution in [3.05, 3.63) is 48.0 Å². The van der Waals surface area contributed by atoms with E-state index >= 15 is 0 Å². The molecule has 0 bridgehead atoms. The largest absolute Gasteiger partial charge is 0.508 e. The fraction of sp³-hybridized carbons (Fsp3) is 0.0714. The van der Waals surface area contributed by atoms with Crippen LogP contribution in [-0.4, -0.2) is 10.1 Å². The first-order valence-electron chi connectivity index (χ1n) is 5.24. The van der Waals surface area contributed by atoms with E-state index in [0.29, 0.717) is 5.75 Å². The summed E-state index contributed by atoms with van der Waals surface area (Å²) in [5.41, 5.74) is 2.67. The van der Waals surface area contributed by atoms with E-state index in [-0.39, 0.29) is 0 Å². The number of aromatic hydroxyl groups is 1. The standard InChI is InChI=1S/C14H11NO/c1-9-13(16)7-6-11-8-10-4-2-3-5-12(10)15-14(9)11/h2-8,16H,1H3. The van der Waals surface area contributed by atoms with Gasteiger partial charge in [-0.2, -0.15) is 0 Å². The second-order valence-electron chi connectivity index (χ2n) is 3.96. The van der Waals surface area contributed by atoms with E-state index in [1.54, 1.807) is 6.07 Å². The van der Waals surface area contributed by atoms with Gasteiger partial charge in [0.05, 0.1) is 11.0 Å². The van der Waals surface area contributed by atoms with E-state index in [4.69, 9.17) is 0 Å². The molecule has 0 atom stereocenters. The van der Waals surface area contributed by atoms with Crippen molar-refractivity contribution in [3.63, 3.8) is 0 Å². The van der Waals surface area contributed by atoms with E-state index in [9.17, 15) is 5.11 Å². The molecule has 3 aromatic rings. The van der Waals surface area contributed by atoms with Crippen molar-refractivity contribution >= 4 is 21.8 Å². The summed E-state index contributed by atoms with van der Waals surface area (Å²) in [5.74, 6) is 0.301. The van der Waals surface area contributed by atoms with Gasteiger partial charge in [0.1, 0.15) is 5.75 Å². The zero-order chi connectivity index (χ0) is 11.1. The van der Waals surface area contributed by atoms with Crippen LogP contribution in [0.1, 0.15) is 5.56 Å². The number of rotatable bonds is 0. The molecule has 0 saturated carbocycles. The van der Waals surface area contributed by atoms with Gasteiger partial charge in [-0.15, -0.1) is 0 Å². The highest BCUT2D eigenvalue weighted by Crippen LogP contribution is 2.27. The van der Waals surface area contributed by atoms with Gasteiger partial charge in [0.25, 0.3) is 0 Å². The number of benzene rings is 2. The molecule has 0 amide bonds. The SMILES string of the molecule is Cc1c(O)ccc2cc3ccccc3nc12. The first-order chi connectivity index (χ1) is 7.75. The third-order valence-corrected chi connectivity index (χ3v) is 2.91. The van der Waals surface area contributed by atoms with Crippen molar-refractivity contribution in [1.29, 1.82) is 0 Å². The molecule has 0 aliphatic heterocycles. The second kappa shape index (κ2) is 3.20. The summed E-state index contributed by atoms with van der Waals surface area (Å²) >= 11 is 0. The van der Waals surface area contributed by atoms with Crippen LogP contribution >= 0.6 is 0 Å². The van der Waals surface area contributed by atoms with Crippen molar-refractivity contribution in [1.82, 2.24) is 4.98 Å². The zero-order valence-electron chi connectivity index (χ0n) is 8.94. The van der Waals surface area contributed by atoms with E-state index in [1.165, 1.54) is 0 Å². The number of fused-ring (bicyclic) bond motifs is 2. The average Bonchev–Trinajstić information content (AvgIpc) is 2.32. The molecule has 0 unspecified atom stereocenters. The Morgan fingerprint density at radius 2 is 1.81 bits per heavy atom. The number of phenols is 1. The third kappa shape index (κ3) is 1.23. The fourth-order valence-corrected chi connectivity index (χ4v) is 1.97. The Morgan fingerprint density at radius 3 is 2.69 bits per heavy atom. The van der Waals surface area contributed by atoms with Crippen LogP contribution in [0, 0.1) is 6.92 Å². The van der Waals surface area contributed by atoms with E-state index in [1.807, 2.05) is 37.3 Å². The summed E-state index contributed by atoms with van der Waals surface area (Å²) in [6.07, 6.45) is 0. The lowest BCUT2D eigenvalue weighted by Crippen LogP contribution is -1.86. The summed E-state index contributed by atoms with van der Waals surface area (Å²) in [4.78, 5) is 4.58. The van der Waals surface area contributed by atoms with Gasteiger partial charge >= 0.3 is 0 Å². The van der Waals surface area contributed by atoms with Crippen LogP contribution in [-0.2, 0) is 0 Å². The topological polar surface area (TPSA) is 33.1 Å². The molecule has 0 aliphatic carbocycles. The summed E-state index contributed by atoms with van der Waals surface area (Å²) in [6.45, 7) is 1.89. The Bertz CT molecular complexity index is 689. The number of hydrogen-bond donors (Lipinski definition) is 1. The molecule has 3 rings (SSSR count). The monoisotopic (exact) mass is 209 g/mol. The Balaban J connectivity index is 2.51. The van der Waals surface area contributed by atoms with Gasteiger partial charge in [-0.1, -0.05) is 18.2 Å². The van der Waals surface area contributed by atoms with Crippen molar-refractivity contribution < 1.29 is 5.11 Å². The molecular weight excluding hydrogens is 198 g/mol. The molecule has 16 heavy (non-hydrogen) atoms. The minimum atomic E-state index is 0.301. The van der Waals surface area contributed by atoms with E-state index < -0.39 is 0 Å². The summed E-state index contributed by atoms with van der Waals surface area (Å²) in [6, 6.07) is 13.7. The van der Waals surface area contributed by atoms with Crippen LogP contribution in [0.15, 0.2) is 42.5 Å². The van der Waals surface area contributed by atoms with Gasteiger partial charge in [-0.3, -0.25) is 0 Å². The quantitative estimate of drug-likeness (QED) is 0.575. The molecule has 78 valence electrons. The molecule has 1 heterocycles. The molecule has 2 aromatic carbocycles. The molecule has 0 saturated heterocycles. The Morgan fingerprint density at radius 1 is 1.00 bits per heavy atom. The van der Waals surface area contributed by atoms with Crippen molar-refractivity contribution in [3.8, 4) is 5.75 Å². The molecule has 0 aliphatic rings. The number of aryl methyl sites for hydroxylation is 1. The van der Waals surface area contributed by atoms with Gasteiger partial charge in [0, 0.05) is 16.3 Å². The molecule has 2 heteroatoms. The van der Waals surface area contributed by atoms with Crippen LogP contribution < -0.4 is 0 Å². The molecule has 0 fully saturated rings. The summed E-state index contributed by atoms with van der Waals surface area (Å²) in [7, 11) is 0. The maximum atomic E-state index is 9.65. The highest BCUT2D eigenvalue weighted by atomic mass is 16.3. The lowest BCUT2D eigenvalue weighted by Gasteiger charge is -2.05. The number of pyridine rings is 1. The van der Waals surface area contributed by atoms with E-state index in [0.717, 1.165) is 27.4 Å². The van der Waals surface area contributed by atoms with Crippen LogP contribution in [0.2, 0.25) is 0 Å². The number of nitrogens with zero attached hydrogens (tertiary/aromatic N) is 1. The van der Waals surface area contributed by atoms with Gasteiger partial charge in [0.2, 0.25) is 0 Å². The first kappa shape index (κ1) is 9.16. The van der Waals surface area contributed by atoms with Crippen molar-refractivity contribution in [2.75, 3.05) is 0 Å².